The van der Waals surface area contributed by atoms with Gasteiger partial charge >= 0.3 is 0 Å². The van der Waals surface area contributed by atoms with Crippen LogP contribution in [-0.2, 0) is 13.0 Å². The first-order valence-corrected chi connectivity index (χ1v) is 10.6. The standard InChI is InChI=1S/C23H24N6OS/c1-3-28-20(25-26-23(28)31)13-14-24-22(30)19-15-29(17-10-5-4-6-11-17)27-21(19)18-12-8-7-9-16(18)2/h4-12,15H,3,13-14H2,1-2H3,(H,24,30)(H,26,31). The average molecular weight is 433 g/mol. The lowest BCUT2D eigenvalue weighted by Gasteiger charge is -2.07. The highest BCUT2D eigenvalue weighted by Crippen LogP contribution is 2.26. The van der Waals surface area contributed by atoms with Gasteiger partial charge in [-0.1, -0.05) is 42.5 Å². The van der Waals surface area contributed by atoms with Gasteiger partial charge in [-0.25, -0.2) is 4.68 Å². The molecule has 8 heteroatoms. The summed E-state index contributed by atoms with van der Waals surface area (Å²) in [6.45, 7) is 5.22. The number of H-pyrrole nitrogens is 1. The molecule has 2 N–H and O–H groups in total. The van der Waals surface area contributed by atoms with E-state index in [1.54, 1.807) is 10.9 Å². The van der Waals surface area contributed by atoms with Crippen molar-refractivity contribution in [2.24, 2.45) is 0 Å². The molecule has 7 nitrogen and oxygen atoms in total. The van der Waals surface area contributed by atoms with Crippen molar-refractivity contribution < 1.29 is 4.79 Å². The van der Waals surface area contributed by atoms with Crippen molar-refractivity contribution in [1.29, 1.82) is 0 Å². The molecule has 2 aromatic heterocycles. The van der Waals surface area contributed by atoms with Gasteiger partial charge in [-0.15, -0.1) is 0 Å². The van der Waals surface area contributed by atoms with E-state index in [0.717, 1.165) is 29.2 Å². The van der Waals surface area contributed by atoms with Gasteiger partial charge in [0.05, 0.1) is 11.3 Å². The minimum atomic E-state index is -0.169. The van der Waals surface area contributed by atoms with Crippen molar-refractivity contribution in [3.05, 3.63) is 82.5 Å². The first-order valence-electron chi connectivity index (χ1n) is 10.2. The van der Waals surface area contributed by atoms with Crippen LogP contribution in [0.4, 0.5) is 0 Å². The van der Waals surface area contributed by atoms with Crippen molar-refractivity contribution in [3.63, 3.8) is 0 Å². The van der Waals surface area contributed by atoms with E-state index >= 15 is 0 Å². The fraction of sp³-hybridized carbons (Fsp3) is 0.217. The molecule has 31 heavy (non-hydrogen) atoms. The Morgan fingerprint density at radius 3 is 2.61 bits per heavy atom. The van der Waals surface area contributed by atoms with Gasteiger partial charge < -0.3 is 9.88 Å². The minimum absolute atomic E-state index is 0.169. The van der Waals surface area contributed by atoms with Crippen LogP contribution in [0.15, 0.2) is 60.8 Å². The Morgan fingerprint density at radius 2 is 1.87 bits per heavy atom. The summed E-state index contributed by atoms with van der Waals surface area (Å²) in [7, 11) is 0. The number of nitrogens with zero attached hydrogens (tertiary/aromatic N) is 4. The van der Waals surface area contributed by atoms with E-state index in [4.69, 9.17) is 17.3 Å². The van der Waals surface area contributed by atoms with Crippen LogP contribution in [-0.4, -0.2) is 37.0 Å². The van der Waals surface area contributed by atoms with Crippen molar-refractivity contribution in [2.75, 3.05) is 6.54 Å². The molecule has 0 fully saturated rings. The molecular weight excluding hydrogens is 408 g/mol. The molecule has 2 heterocycles. The Bertz CT molecular complexity index is 1250. The van der Waals surface area contributed by atoms with Crippen molar-refractivity contribution >= 4 is 18.1 Å². The molecular formula is C23H24N6OS. The second kappa shape index (κ2) is 9.09. The number of carbonyl (C=O) groups is 1. The fourth-order valence-electron chi connectivity index (χ4n) is 3.54. The predicted molar refractivity (Wildman–Crippen MR) is 123 cm³/mol. The van der Waals surface area contributed by atoms with Crippen LogP contribution in [0, 0.1) is 11.7 Å². The lowest BCUT2D eigenvalue weighted by atomic mass is 10.0. The molecule has 0 spiro atoms. The normalized spacial score (nSPS) is 10.9. The van der Waals surface area contributed by atoms with E-state index in [1.165, 1.54) is 0 Å². The summed E-state index contributed by atoms with van der Waals surface area (Å²) in [4.78, 5) is 13.1. The number of rotatable bonds is 7. The number of nitrogens with one attached hydrogen (secondary N) is 2. The Morgan fingerprint density at radius 1 is 1.13 bits per heavy atom. The van der Waals surface area contributed by atoms with Gasteiger partial charge in [0.15, 0.2) is 4.77 Å². The highest BCUT2D eigenvalue weighted by molar-refractivity contribution is 7.71. The average Bonchev–Trinajstić information content (AvgIpc) is 3.38. The van der Waals surface area contributed by atoms with E-state index in [0.29, 0.717) is 29.0 Å². The third-order valence-corrected chi connectivity index (χ3v) is 5.48. The zero-order chi connectivity index (χ0) is 21.8. The number of carbonyl (C=O) groups excluding carboxylic acids is 1. The molecule has 0 atom stereocenters. The molecule has 0 aliphatic heterocycles. The van der Waals surface area contributed by atoms with Crippen molar-refractivity contribution in [3.8, 4) is 16.9 Å². The topological polar surface area (TPSA) is 80.5 Å². The molecule has 158 valence electrons. The Balaban J connectivity index is 1.61. The molecule has 0 aliphatic carbocycles. The zero-order valence-corrected chi connectivity index (χ0v) is 18.3. The fourth-order valence-corrected chi connectivity index (χ4v) is 3.82. The van der Waals surface area contributed by atoms with Crippen molar-refractivity contribution in [2.45, 2.75) is 26.8 Å². The summed E-state index contributed by atoms with van der Waals surface area (Å²) < 4.78 is 4.27. The third-order valence-electron chi connectivity index (χ3n) is 5.17. The molecule has 2 aromatic carbocycles. The largest absolute Gasteiger partial charge is 0.351 e. The first-order chi connectivity index (χ1) is 15.1. The summed E-state index contributed by atoms with van der Waals surface area (Å²) in [5.74, 6) is 0.657. The number of aromatic amines is 1. The van der Waals surface area contributed by atoms with E-state index in [9.17, 15) is 4.79 Å². The summed E-state index contributed by atoms with van der Waals surface area (Å²) in [6.07, 6.45) is 2.37. The molecule has 0 bridgehead atoms. The first kappa shape index (κ1) is 20.7. The summed E-state index contributed by atoms with van der Waals surface area (Å²) in [6, 6.07) is 17.7. The summed E-state index contributed by atoms with van der Waals surface area (Å²) in [5.41, 5.74) is 4.10. The van der Waals surface area contributed by atoms with Crippen LogP contribution < -0.4 is 5.32 Å². The Labute approximate surface area is 185 Å². The number of aromatic nitrogens is 5. The van der Waals surface area contributed by atoms with Crippen LogP contribution in [0.1, 0.15) is 28.7 Å². The molecule has 4 aromatic rings. The second-order valence-electron chi connectivity index (χ2n) is 7.18. The van der Waals surface area contributed by atoms with E-state index in [-0.39, 0.29) is 5.91 Å². The van der Waals surface area contributed by atoms with Gasteiger partial charge in [-0.05, 0) is 43.8 Å². The smallest absolute Gasteiger partial charge is 0.255 e. The van der Waals surface area contributed by atoms with Crippen LogP contribution in [0.5, 0.6) is 0 Å². The van der Waals surface area contributed by atoms with Crippen LogP contribution in [0.3, 0.4) is 0 Å². The number of hydrogen-bond acceptors (Lipinski definition) is 4. The highest BCUT2D eigenvalue weighted by atomic mass is 32.1. The number of benzene rings is 2. The third kappa shape index (κ3) is 4.34. The second-order valence-corrected chi connectivity index (χ2v) is 7.57. The van der Waals surface area contributed by atoms with Gasteiger partial charge in [-0.2, -0.15) is 10.2 Å². The zero-order valence-electron chi connectivity index (χ0n) is 17.5. The SMILES string of the molecule is CCn1c(CCNC(=O)c2cn(-c3ccccc3)nc2-c2ccccc2C)n[nH]c1=S. The quantitative estimate of drug-likeness (QED) is 0.431. The number of amides is 1. The van der Waals surface area contributed by atoms with E-state index in [2.05, 4.69) is 15.5 Å². The lowest BCUT2D eigenvalue weighted by molar-refractivity contribution is 0.0954. The summed E-state index contributed by atoms with van der Waals surface area (Å²) in [5, 5.41) is 14.8. The van der Waals surface area contributed by atoms with Gasteiger partial charge in [0.2, 0.25) is 0 Å². The molecule has 0 unspecified atom stereocenters. The Hall–Kier alpha value is -3.52. The van der Waals surface area contributed by atoms with Crippen LogP contribution in [0.25, 0.3) is 16.9 Å². The molecule has 0 saturated heterocycles. The Kier molecular flexibility index (Phi) is 6.08. The summed E-state index contributed by atoms with van der Waals surface area (Å²) >= 11 is 5.23. The predicted octanol–water partition coefficient (Wildman–Crippen LogP) is 4.09. The van der Waals surface area contributed by atoms with Gasteiger partial charge in [0.1, 0.15) is 11.5 Å². The van der Waals surface area contributed by atoms with E-state index in [1.807, 2.05) is 73.0 Å². The molecule has 0 aliphatic rings. The number of para-hydroxylation sites is 1. The maximum absolute atomic E-state index is 13.1. The van der Waals surface area contributed by atoms with Gasteiger partial charge in [0.25, 0.3) is 5.91 Å². The van der Waals surface area contributed by atoms with Gasteiger partial charge in [-0.3, -0.25) is 9.89 Å². The van der Waals surface area contributed by atoms with Crippen molar-refractivity contribution in [1.82, 2.24) is 29.9 Å². The number of aryl methyl sites for hydroxylation is 1. The molecule has 0 saturated carbocycles. The lowest BCUT2D eigenvalue weighted by Crippen LogP contribution is -2.26. The molecule has 0 radical (unpaired) electrons. The maximum Gasteiger partial charge on any atom is 0.255 e. The van der Waals surface area contributed by atoms with Crippen LogP contribution >= 0.6 is 12.2 Å². The van der Waals surface area contributed by atoms with Gasteiger partial charge in [0, 0.05) is 31.3 Å². The molecule has 1 amide bonds. The van der Waals surface area contributed by atoms with E-state index < -0.39 is 0 Å². The highest BCUT2D eigenvalue weighted by Gasteiger charge is 2.19. The minimum Gasteiger partial charge on any atom is -0.351 e. The number of hydrogen-bond donors (Lipinski definition) is 2. The maximum atomic E-state index is 13.1. The molecule has 4 rings (SSSR count). The van der Waals surface area contributed by atoms with Crippen LogP contribution in [0.2, 0.25) is 0 Å². The monoisotopic (exact) mass is 432 g/mol.